The molecule has 0 bridgehead atoms. The van der Waals surface area contributed by atoms with E-state index < -0.39 is 0 Å². The number of carbonyl (C=O) groups is 1. The van der Waals surface area contributed by atoms with Gasteiger partial charge in [-0.25, -0.2) is 9.79 Å². The predicted molar refractivity (Wildman–Crippen MR) is 53.2 cm³/mol. The fraction of sp³-hybridized carbons (Fsp3) is 0.273. The third-order valence-corrected chi connectivity index (χ3v) is 2.15. The maximum absolute atomic E-state index is 11.3. The Kier molecular flexibility index (Phi) is 2.31. The number of benzene rings is 1. The van der Waals surface area contributed by atoms with E-state index in [0.717, 1.165) is 5.56 Å². The second-order valence-electron chi connectivity index (χ2n) is 3.15. The smallest absolute Gasteiger partial charge is 0.337 e. The van der Waals surface area contributed by atoms with Crippen molar-refractivity contribution in [3.8, 4) is 0 Å². The highest BCUT2D eigenvalue weighted by molar-refractivity contribution is 6.06. The number of aliphatic imine (C=N–C) groups is 1. The Labute approximate surface area is 82.4 Å². The van der Waals surface area contributed by atoms with Gasteiger partial charge in [0.25, 0.3) is 0 Å². The Balaban J connectivity index is 2.26. The number of esters is 1. The summed E-state index contributed by atoms with van der Waals surface area (Å²) in [6, 6.07) is 9.15. The molecule has 1 aromatic rings. The summed E-state index contributed by atoms with van der Waals surface area (Å²) in [5.41, 5.74) is 0.858. The Morgan fingerprint density at radius 1 is 1.36 bits per heavy atom. The first-order valence-electron chi connectivity index (χ1n) is 4.66. The molecule has 3 heteroatoms. The number of nitrogens with zero attached hydrogens (tertiary/aromatic N) is 1. The van der Waals surface area contributed by atoms with Gasteiger partial charge in [-0.1, -0.05) is 25.1 Å². The van der Waals surface area contributed by atoms with Crippen molar-refractivity contribution in [3.63, 3.8) is 0 Å². The predicted octanol–water partition coefficient (Wildman–Crippen LogP) is 1.77. The largest absolute Gasteiger partial charge is 0.406 e. The van der Waals surface area contributed by atoms with E-state index in [0.29, 0.717) is 12.3 Å². The molecule has 1 aliphatic heterocycles. The van der Waals surface area contributed by atoms with Crippen molar-refractivity contribution in [2.75, 3.05) is 0 Å². The van der Waals surface area contributed by atoms with Gasteiger partial charge in [0.1, 0.15) is 0 Å². The van der Waals surface area contributed by atoms with Crippen LogP contribution in [-0.2, 0) is 9.53 Å². The molecule has 14 heavy (non-hydrogen) atoms. The minimum absolute atomic E-state index is 0.244. The van der Waals surface area contributed by atoms with E-state index in [4.69, 9.17) is 4.74 Å². The summed E-state index contributed by atoms with van der Waals surface area (Å²) in [5.74, 6) is 0.203. The number of hydrogen-bond acceptors (Lipinski definition) is 3. The zero-order valence-corrected chi connectivity index (χ0v) is 7.93. The normalized spacial score (nSPS) is 20.5. The van der Waals surface area contributed by atoms with E-state index in [1.165, 1.54) is 0 Å². The van der Waals surface area contributed by atoms with Crippen molar-refractivity contribution in [3.05, 3.63) is 35.9 Å². The second-order valence-corrected chi connectivity index (χ2v) is 3.15. The molecule has 0 aromatic heterocycles. The molecule has 0 fully saturated rings. The van der Waals surface area contributed by atoms with Crippen LogP contribution in [0.15, 0.2) is 35.3 Å². The molecular formula is C11H11NO2. The molecule has 3 nitrogen and oxygen atoms in total. The second kappa shape index (κ2) is 3.62. The van der Waals surface area contributed by atoms with E-state index in [1.807, 2.05) is 37.3 Å². The van der Waals surface area contributed by atoms with Gasteiger partial charge in [-0.2, -0.15) is 0 Å². The van der Waals surface area contributed by atoms with Crippen LogP contribution in [0.5, 0.6) is 0 Å². The first-order chi connectivity index (χ1) is 6.81. The summed E-state index contributed by atoms with van der Waals surface area (Å²) in [5, 5.41) is 0. The lowest BCUT2D eigenvalue weighted by molar-refractivity contribution is -0.134. The molecule has 0 spiro atoms. The standard InChI is InChI=1S/C11H11NO2/c1-2-9-11(13)14-10(12-9)8-6-4-3-5-7-8/h3-7,9H,2H2,1H3/t9-/m1/s1. The Morgan fingerprint density at radius 3 is 2.64 bits per heavy atom. The quantitative estimate of drug-likeness (QED) is 0.665. The number of cyclic esters (lactones) is 1. The molecular weight excluding hydrogens is 178 g/mol. The molecule has 0 aliphatic carbocycles. The van der Waals surface area contributed by atoms with Crippen LogP contribution >= 0.6 is 0 Å². The minimum Gasteiger partial charge on any atom is -0.406 e. The average Bonchev–Trinajstić information content (AvgIpc) is 2.61. The van der Waals surface area contributed by atoms with Crippen LogP contribution in [0.4, 0.5) is 0 Å². The van der Waals surface area contributed by atoms with E-state index in [1.54, 1.807) is 0 Å². The van der Waals surface area contributed by atoms with E-state index in [2.05, 4.69) is 4.99 Å². The van der Waals surface area contributed by atoms with Gasteiger partial charge in [-0.15, -0.1) is 0 Å². The van der Waals surface area contributed by atoms with Crippen LogP contribution in [0, 0.1) is 0 Å². The highest BCUT2D eigenvalue weighted by Gasteiger charge is 2.27. The number of rotatable bonds is 2. The van der Waals surface area contributed by atoms with Crippen molar-refractivity contribution in [1.82, 2.24) is 0 Å². The summed E-state index contributed by atoms with van der Waals surface area (Å²) < 4.78 is 5.06. The van der Waals surface area contributed by atoms with Crippen LogP contribution in [0.2, 0.25) is 0 Å². The number of hydrogen-bond donors (Lipinski definition) is 0. The Morgan fingerprint density at radius 2 is 2.07 bits per heavy atom. The monoisotopic (exact) mass is 189 g/mol. The summed E-state index contributed by atoms with van der Waals surface area (Å²) in [7, 11) is 0. The lowest BCUT2D eigenvalue weighted by Gasteiger charge is -1.97. The minimum atomic E-state index is -0.315. The van der Waals surface area contributed by atoms with Crippen LogP contribution in [-0.4, -0.2) is 17.9 Å². The number of carbonyl (C=O) groups excluding carboxylic acids is 1. The van der Waals surface area contributed by atoms with Crippen LogP contribution in [0.3, 0.4) is 0 Å². The molecule has 0 amide bonds. The highest BCUT2D eigenvalue weighted by atomic mass is 16.6. The number of ether oxygens (including phenoxy) is 1. The molecule has 0 saturated heterocycles. The van der Waals surface area contributed by atoms with Crippen molar-refractivity contribution in [1.29, 1.82) is 0 Å². The van der Waals surface area contributed by atoms with Crippen molar-refractivity contribution < 1.29 is 9.53 Å². The fourth-order valence-corrected chi connectivity index (χ4v) is 1.36. The van der Waals surface area contributed by atoms with Gasteiger partial charge < -0.3 is 4.74 Å². The van der Waals surface area contributed by atoms with Gasteiger partial charge in [0.15, 0.2) is 6.04 Å². The highest BCUT2D eigenvalue weighted by Crippen LogP contribution is 2.14. The van der Waals surface area contributed by atoms with Gasteiger partial charge in [-0.05, 0) is 18.6 Å². The van der Waals surface area contributed by atoms with Crippen molar-refractivity contribution in [2.45, 2.75) is 19.4 Å². The van der Waals surface area contributed by atoms with E-state index >= 15 is 0 Å². The Bertz CT molecular complexity index is 370. The molecule has 0 radical (unpaired) electrons. The van der Waals surface area contributed by atoms with Crippen LogP contribution in [0.1, 0.15) is 18.9 Å². The summed E-state index contributed by atoms with van der Waals surface area (Å²) >= 11 is 0. The fourth-order valence-electron chi connectivity index (χ4n) is 1.36. The molecule has 1 aliphatic rings. The molecule has 2 rings (SSSR count). The molecule has 1 heterocycles. The first-order valence-corrected chi connectivity index (χ1v) is 4.66. The molecule has 72 valence electrons. The third-order valence-electron chi connectivity index (χ3n) is 2.15. The van der Waals surface area contributed by atoms with Crippen LogP contribution < -0.4 is 0 Å². The van der Waals surface area contributed by atoms with Crippen molar-refractivity contribution >= 4 is 11.9 Å². The van der Waals surface area contributed by atoms with Crippen molar-refractivity contribution in [2.24, 2.45) is 4.99 Å². The topological polar surface area (TPSA) is 38.7 Å². The van der Waals surface area contributed by atoms with Gasteiger partial charge in [0.05, 0.1) is 0 Å². The molecule has 0 N–H and O–H groups in total. The lowest BCUT2D eigenvalue weighted by atomic mass is 10.2. The maximum atomic E-state index is 11.3. The average molecular weight is 189 g/mol. The summed E-state index contributed by atoms with van der Waals surface area (Å²) in [6.45, 7) is 1.92. The summed E-state index contributed by atoms with van der Waals surface area (Å²) in [4.78, 5) is 15.5. The van der Waals surface area contributed by atoms with Crippen LogP contribution in [0.25, 0.3) is 0 Å². The first kappa shape index (κ1) is 8.94. The molecule has 1 aromatic carbocycles. The molecule has 1 atom stereocenters. The third kappa shape index (κ3) is 1.53. The lowest BCUT2D eigenvalue weighted by Crippen LogP contribution is -2.13. The van der Waals surface area contributed by atoms with Gasteiger partial charge in [-0.3, -0.25) is 0 Å². The van der Waals surface area contributed by atoms with Gasteiger partial charge in [0, 0.05) is 5.56 Å². The van der Waals surface area contributed by atoms with Gasteiger partial charge >= 0.3 is 5.97 Å². The van der Waals surface area contributed by atoms with E-state index in [-0.39, 0.29) is 12.0 Å². The van der Waals surface area contributed by atoms with Gasteiger partial charge in [0.2, 0.25) is 5.90 Å². The van der Waals surface area contributed by atoms with E-state index in [9.17, 15) is 4.79 Å². The zero-order chi connectivity index (χ0) is 9.97. The zero-order valence-electron chi connectivity index (χ0n) is 7.93. The molecule has 0 unspecified atom stereocenters. The Hall–Kier alpha value is -1.64. The molecule has 0 saturated carbocycles. The SMILES string of the molecule is CC[C@H]1N=C(c2ccccc2)OC1=O. The maximum Gasteiger partial charge on any atom is 0.337 e. The summed E-state index contributed by atoms with van der Waals surface area (Å²) in [6.07, 6.45) is 0.690.